The van der Waals surface area contributed by atoms with E-state index in [1.807, 2.05) is 6.92 Å². The van der Waals surface area contributed by atoms with E-state index in [-0.39, 0.29) is 11.8 Å². The highest BCUT2D eigenvalue weighted by molar-refractivity contribution is 6.06. The molecule has 2 amide bonds. The molecule has 0 aromatic heterocycles. The molecular formula is C14H23N3O3. The summed E-state index contributed by atoms with van der Waals surface area (Å²) in [6.07, 6.45) is 5.49. The lowest BCUT2D eigenvalue weighted by atomic mass is 10.0. The lowest BCUT2D eigenvalue weighted by Crippen LogP contribution is -2.30. The Morgan fingerprint density at radius 1 is 1.50 bits per heavy atom. The summed E-state index contributed by atoms with van der Waals surface area (Å²) in [5.41, 5.74) is 0.787. The van der Waals surface area contributed by atoms with Crippen LogP contribution in [0.5, 0.6) is 0 Å². The van der Waals surface area contributed by atoms with Gasteiger partial charge in [-0.25, -0.2) is 9.80 Å². The molecule has 1 atom stereocenters. The van der Waals surface area contributed by atoms with Crippen LogP contribution >= 0.6 is 0 Å². The molecule has 0 spiro atoms. The van der Waals surface area contributed by atoms with Crippen LogP contribution in [0, 0.1) is 11.8 Å². The molecule has 2 rings (SSSR count). The van der Waals surface area contributed by atoms with Gasteiger partial charge >= 0.3 is 6.09 Å². The monoisotopic (exact) mass is 281 g/mol. The van der Waals surface area contributed by atoms with Gasteiger partial charge in [0.2, 0.25) is 5.91 Å². The van der Waals surface area contributed by atoms with Gasteiger partial charge in [-0.1, -0.05) is 32.6 Å². The Labute approximate surface area is 119 Å². The van der Waals surface area contributed by atoms with Gasteiger partial charge in [-0.3, -0.25) is 4.79 Å². The van der Waals surface area contributed by atoms with Crippen LogP contribution < -0.4 is 5.32 Å². The molecule has 112 valence electrons. The number of amides is 2. The molecule has 0 bridgehead atoms. The van der Waals surface area contributed by atoms with Gasteiger partial charge in [-0.2, -0.15) is 5.10 Å². The topological polar surface area (TPSA) is 82.0 Å². The molecule has 6 nitrogen and oxygen atoms in total. The van der Waals surface area contributed by atoms with Crippen molar-refractivity contribution in [1.82, 2.24) is 10.3 Å². The first-order chi connectivity index (χ1) is 9.56. The van der Waals surface area contributed by atoms with Gasteiger partial charge < -0.3 is 10.4 Å². The van der Waals surface area contributed by atoms with Crippen molar-refractivity contribution in [3.8, 4) is 0 Å². The number of carbonyl (C=O) groups excluding carboxylic acids is 1. The molecule has 0 aromatic carbocycles. The highest BCUT2D eigenvalue weighted by Gasteiger charge is 2.28. The van der Waals surface area contributed by atoms with Gasteiger partial charge in [-0.15, -0.1) is 0 Å². The number of hydrazone groups is 1. The van der Waals surface area contributed by atoms with Gasteiger partial charge in [0.25, 0.3) is 0 Å². The van der Waals surface area contributed by atoms with E-state index in [0.717, 1.165) is 18.1 Å². The van der Waals surface area contributed by atoms with Crippen LogP contribution in [0.25, 0.3) is 0 Å². The SMILES string of the molecule is CC(CNC(=O)O)C1=NN(CCC2CCCC2)C(=O)C1. The van der Waals surface area contributed by atoms with Gasteiger partial charge in [0.15, 0.2) is 0 Å². The average Bonchev–Trinajstić information content (AvgIpc) is 3.03. The Balaban J connectivity index is 1.80. The molecular weight excluding hydrogens is 258 g/mol. The number of nitrogens with zero attached hydrogens (tertiary/aromatic N) is 2. The largest absolute Gasteiger partial charge is 0.465 e. The number of carboxylic acid groups (broad SMARTS) is 1. The third kappa shape index (κ3) is 3.95. The number of nitrogens with one attached hydrogen (secondary N) is 1. The summed E-state index contributed by atoms with van der Waals surface area (Å²) in [6, 6.07) is 0. The van der Waals surface area contributed by atoms with E-state index in [1.54, 1.807) is 5.01 Å². The van der Waals surface area contributed by atoms with E-state index in [4.69, 9.17) is 5.11 Å². The van der Waals surface area contributed by atoms with Crippen molar-refractivity contribution in [1.29, 1.82) is 0 Å². The number of rotatable bonds is 6. The van der Waals surface area contributed by atoms with Crippen LogP contribution in [-0.4, -0.2) is 40.9 Å². The molecule has 0 radical (unpaired) electrons. The van der Waals surface area contributed by atoms with E-state index in [9.17, 15) is 9.59 Å². The zero-order valence-electron chi connectivity index (χ0n) is 12.0. The van der Waals surface area contributed by atoms with Crippen LogP contribution in [0.15, 0.2) is 5.10 Å². The molecule has 0 aromatic rings. The highest BCUT2D eigenvalue weighted by atomic mass is 16.4. The maximum Gasteiger partial charge on any atom is 0.404 e. The van der Waals surface area contributed by atoms with Gasteiger partial charge in [0, 0.05) is 19.0 Å². The lowest BCUT2D eigenvalue weighted by molar-refractivity contribution is -0.128. The first-order valence-corrected chi connectivity index (χ1v) is 7.40. The molecule has 1 saturated carbocycles. The van der Waals surface area contributed by atoms with Crippen LogP contribution in [0.2, 0.25) is 0 Å². The smallest absolute Gasteiger partial charge is 0.404 e. The molecule has 20 heavy (non-hydrogen) atoms. The van der Waals surface area contributed by atoms with E-state index >= 15 is 0 Å². The Morgan fingerprint density at radius 2 is 2.20 bits per heavy atom. The quantitative estimate of drug-likeness (QED) is 0.781. The zero-order valence-corrected chi connectivity index (χ0v) is 12.0. The van der Waals surface area contributed by atoms with E-state index < -0.39 is 6.09 Å². The number of hydrogen-bond donors (Lipinski definition) is 2. The Kier molecular flexibility index (Phi) is 4.98. The summed E-state index contributed by atoms with van der Waals surface area (Å²) in [6.45, 7) is 2.90. The maximum absolute atomic E-state index is 11.9. The highest BCUT2D eigenvalue weighted by Crippen LogP contribution is 2.28. The Bertz CT molecular complexity index is 402. The van der Waals surface area contributed by atoms with Crippen molar-refractivity contribution in [3.05, 3.63) is 0 Å². The summed E-state index contributed by atoms with van der Waals surface area (Å²) in [4.78, 5) is 22.4. The zero-order chi connectivity index (χ0) is 14.5. The van der Waals surface area contributed by atoms with Crippen molar-refractivity contribution in [2.75, 3.05) is 13.1 Å². The first kappa shape index (κ1) is 14.8. The molecule has 6 heteroatoms. The fraction of sp³-hybridized carbons (Fsp3) is 0.786. The predicted octanol–water partition coefficient (Wildman–Crippen LogP) is 2.06. The van der Waals surface area contributed by atoms with Crippen LogP contribution in [-0.2, 0) is 4.79 Å². The molecule has 1 heterocycles. The van der Waals surface area contributed by atoms with Crippen LogP contribution in [0.3, 0.4) is 0 Å². The summed E-state index contributed by atoms with van der Waals surface area (Å²) >= 11 is 0. The number of hydrogen-bond acceptors (Lipinski definition) is 3. The van der Waals surface area contributed by atoms with Crippen molar-refractivity contribution < 1.29 is 14.7 Å². The van der Waals surface area contributed by atoms with Crippen molar-refractivity contribution in [2.24, 2.45) is 16.9 Å². The summed E-state index contributed by atoms with van der Waals surface area (Å²) < 4.78 is 0. The minimum atomic E-state index is -1.04. The lowest BCUT2D eigenvalue weighted by Gasteiger charge is -2.15. The van der Waals surface area contributed by atoms with E-state index in [0.29, 0.717) is 19.5 Å². The van der Waals surface area contributed by atoms with Crippen LogP contribution in [0.4, 0.5) is 4.79 Å². The third-order valence-electron chi connectivity index (χ3n) is 4.22. The summed E-state index contributed by atoms with van der Waals surface area (Å²) in [5, 5.41) is 16.9. The Hall–Kier alpha value is -1.59. The molecule has 1 aliphatic carbocycles. The second-order valence-electron chi connectivity index (χ2n) is 5.81. The summed E-state index contributed by atoms with van der Waals surface area (Å²) in [5.74, 6) is 0.750. The third-order valence-corrected chi connectivity index (χ3v) is 4.22. The predicted molar refractivity (Wildman–Crippen MR) is 75.5 cm³/mol. The normalized spacial score (nSPS) is 21.1. The van der Waals surface area contributed by atoms with Crippen molar-refractivity contribution in [2.45, 2.75) is 45.4 Å². The van der Waals surface area contributed by atoms with E-state index in [1.165, 1.54) is 25.7 Å². The fourth-order valence-electron chi connectivity index (χ4n) is 2.90. The molecule has 2 N–H and O–H groups in total. The van der Waals surface area contributed by atoms with Gasteiger partial charge in [0.1, 0.15) is 0 Å². The minimum absolute atomic E-state index is 0.0356. The maximum atomic E-state index is 11.9. The molecule has 2 aliphatic rings. The first-order valence-electron chi connectivity index (χ1n) is 7.40. The van der Waals surface area contributed by atoms with Crippen molar-refractivity contribution in [3.63, 3.8) is 0 Å². The van der Waals surface area contributed by atoms with Crippen molar-refractivity contribution >= 4 is 17.7 Å². The molecule has 1 fully saturated rings. The summed E-state index contributed by atoms with van der Waals surface area (Å²) in [7, 11) is 0. The minimum Gasteiger partial charge on any atom is -0.465 e. The van der Waals surface area contributed by atoms with Gasteiger partial charge in [0.05, 0.1) is 12.1 Å². The second kappa shape index (κ2) is 6.72. The number of carbonyl (C=O) groups is 2. The average molecular weight is 281 g/mol. The standard InChI is InChI=1S/C14H23N3O3/c1-10(9-15-14(19)20)12-8-13(18)17(16-12)7-6-11-4-2-3-5-11/h10-11,15H,2-9H2,1H3,(H,19,20). The molecule has 1 aliphatic heterocycles. The van der Waals surface area contributed by atoms with Gasteiger partial charge in [-0.05, 0) is 12.3 Å². The fourth-order valence-corrected chi connectivity index (χ4v) is 2.90. The second-order valence-corrected chi connectivity index (χ2v) is 5.81. The molecule has 1 unspecified atom stereocenters. The Morgan fingerprint density at radius 3 is 2.85 bits per heavy atom. The van der Waals surface area contributed by atoms with E-state index in [2.05, 4.69) is 10.4 Å². The molecule has 0 saturated heterocycles. The van der Waals surface area contributed by atoms with Crippen LogP contribution in [0.1, 0.15) is 45.4 Å².